The molecule has 0 fully saturated rings. The lowest BCUT2D eigenvalue weighted by Crippen LogP contribution is -2.26. The van der Waals surface area contributed by atoms with E-state index in [0.717, 1.165) is 22.7 Å². The molecule has 2 heterocycles. The highest BCUT2D eigenvalue weighted by molar-refractivity contribution is 8.03. The van der Waals surface area contributed by atoms with Crippen LogP contribution in [0.25, 0.3) is 0 Å². The average molecular weight is 302 g/mol. The minimum Gasteiger partial charge on any atom is -0.357 e. The van der Waals surface area contributed by atoms with Crippen molar-refractivity contribution in [3.05, 3.63) is 39.9 Å². The van der Waals surface area contributed by atoms with Crippen LogP contribution in [0, 0.1) is 0 Å². The number of allylic oxidation sites excluding steroid dienone is 2. The maximum Gasteiger partial charge on any atom is 0.224 e. The van der Waals surface area contributed by atoms with E-state index in [1.54, 1.807) is 11.8 Å². The minimum atomic E-state index is 0.0481. The van der Waals surface area contributed by atoms with Crippen LogP contribution in [0.3, 0.4) is 0 Å². The van der Waals surface area contributed by atoms with Crippen molar-refractivity contribution in [3.8, 4) is 0 Å². The number of anilines is 1. The van der Waals surface area contributed by atoms with Gasteiger partial charge in [0.15, 0.2) is 5.78 Å². The SMILES string of the molecule is CC1=C(C)N(CC(=O)c2ccc3c(c2)CCC(=O)N3)CS1. The highest BCUT2D eigenvalue weighted by atomic mass is 32.2. The second kappa shape index (κ2) is 5.56. The Kier molecular flexibility index (Phi) is 3.76. The van der Waals surface area contributed by atoms with Gasteiger partial charge >= 0.3 is 0 Å². The van der Waals surface area contributed by atoms with Crippen LogP contribution in [0.5, 0.6) is 0 Å². The fourth-order valence-corrected chi connectivity index (χ4v) is 3.56. The molecule has 0 saturated heterocycles. The summed E-state index contributed by atoms with van der Waals surface area (Å²) in [6, 6.07) is 5.57. The molecule has 4 nitrogen and oxygen atoms in total. The lowest BCUT2D eigenvalue weighted by molar-refractivity contribution is -0.116. The molecule has 2 aliphatic heterocycles. The van der Waals surface area contributed by atoms with Gasteiger partial charge in [0.2, 0.25) is 5.91 Å². The number of hydrogen-bond donors (Lipinski definition) is 1. The third kappa shape index (κ3) is 2.83. The number of carbonyl (C=O) groups excluding carboxylic acids is 2. The molecule has 110 valence electrons. The third-order valence-corrected chi connectivity index (χ3v) is 5.25. The lowest BCUT2D eigenvalue weighted by Gasteiger charge is -2.20. The van der Waals surface area contributed by atoms with Crippen LogP contribution in [0.1, 0.15) is 36.2 Å². The van der Waals surface area contributed by atoms with Crippen molar-refractivity contribution in [1.29, 1.82) is 0 Å². The number of hydrogen-bond acceptors (Lipinski definition) is 4. The summed E-state index contributed by atoms with van der Waals surface area (Å²) in [7, 11) is 0. The first-order chi connectivity index (χ1) is 10.0. The number of ketones is 1. The molecule has 0 bridgehead atoms. The molecule has 0 radical (unpaired) electrons. The van der Waals surface area contributed by atoms with E-state index in [-0.39, 0.29) is 11.7 Å². The molecule has 0 atom stereocenters. The number of aryl methyl sites for hydroxylation is 1. The Morgan fingerprint density at radius 2 is 2.14 bits per heavy atom. The van der Waals surface area contributed by atoms with Crippen molar-refractivity contribution in [2.24, 2.45) is 0 Å². The molecule has 1 N–H and O–H groups in total. The summed E-state index contributed by atoms with van der Waals surface area (Å²) >= 11 is 1.78. The lowest BCUT2D eigenvalue weighted by atomic mass is 9.98. The van der Waals surface area contributed by atoms with Gasteiger partial charge in [0.05, 0.1) is 12.4 Å². The summed E-state index contributed by atoms with van der Waals surface area (Å²) in [6.45, 7) is 4.57. The number of rotatable bonds is 3. The van der Waals surface area contributed by atoms with Gasteiger partial charge in [-0.2, -0.15) is 0 Å². The van der Waals surface area contributed by atoms with Crippen molar-refractivity contribution in [3.63, 3.8) is 0 Å². The molecule has 0 spiro atoms. The van der Waals surface area contributed by atoms with E-state index in [1.165, 1.54) is 10.6 Å². The van der Waals surface area contributed by atoms with Gasteiger partial charge in [0, 0.05) is 28.3 Å². The second-order valence-corrected chi connectivity index (χ2v) is 6.62. The highest BCUT2D eigenvalue weighted by Gasteiger charge is 2.21. The van der Waals surface area contributed by atoms with Crippen LogP contribution in [0.4, 0.5) is 5.69 Å². The minimum absolute atomic E-state index is 0.0481. The van der Waals surface area contributed by atoms with Gasteiger partial charge < -0.3 is 10.2 Å². The summed E-state index contributed by atoms with van der Waals surface area (Å²) < 4.78 is 0. The monoisotopic (exact) mass is 302 g/mol. The van der Waals surface area contributed by atoms with E-state index in [9.17, 15) is 9.59 Å². The first-order valence-corrected chi connectivity index (χ1v) is 8.04. The molecule has 5 heteroatoms. The Bertz CT molecular complexity index is 652. The highest BCUT2D eigenvalue weighted by Crippen LogP contribution is 2.31. The molecule has 0 aliphatic carbocycles. The number of amides is 1. The number of nitrogens with one attached hydrogen (secondary N) is 1. The number of Topliss-reactive ketones (excluding diaryl/α,β-unsaturated/α-hetero) is 1. The predicted molar refractivity (Wildman–Crippen MR) is 85.3 cm³/mol. The molecule has 1 aromatic carbocycles. The number of fused-ring (bicyclic) bond motifs is 1. The van der Waals surface area contributed by atoms with E-state index in [4.69, 9.17) is 0 Å². The van der Waals surface area contributed by atoms with Crippen LogP contribution >= 0.6 is 11.8 Å². The van der Waals surface area contributed by atoms with E-state index < -0.39 is 0 Å². The molecule has 2 aliphatic rings. The zero-order valence-corrected chi connectivity index (χ0v) is 13.0. The number of benzene rings is 1. The maximum atomic E-state index is 12.4. The zero-order valence-electron chi connectivity index (χ0n) is 12.2. The van der Waals surface area contributed by atoms with E-state index in [2.05, 4.69) is 24.1 Å². The van der Waals surface area contributed by atoms with Gasteiger partial charge in [0.25, 0.3) is 0 Å². The quantitative estimate of drug-likeness (QED) is 0.872. The van der Waals surface area contributed by atoms with Gasteiger partial charge in [-0.15, -0.1) is 11.8 Å². The van der Waals surface area contributed by atoms with Gasteiger partial charge in [-0.25, -0.2) is 0 Å². The Hall–Kier alpha value is -1.75. The topological polar surface area (TPSA) is 49.4 Å². The summed E-state index contributed by atoms with van der Waals surface area (Å²) in [5, 5.41) is 2.84. The van der Waals surface area contributed by atoms with E-state index in [1.807, 2.05) is 18.2 Å². The van der Waals surface area contributed by atoms with Gasteiger partial charge in [-0.1, -0.05) is 0 Å². The summed E-state index contributed by atoms with van der Waals surface area (Å²) in [5.41, 5.74) is 3.82. The van der Waals surface area contributed by atoms with Crippen molar-refractivity contribution in [2.45, 2.75) is 26.7 Å². The van der Waals surface area contributed by atoms with Crippen molar-refractivity contribution in [1.82, 2.24) is 4.90 Å². The van der Waals surface area contributed by atoms with Crippen LogP contribution < -0.4 is 5.32 Å². The van der Waals surface area contributed by atoms with Gasteiger partial charge in [0.1, 0.15) is 0 Å². The van der Waals surface area contributed by atoms with Crippen LogP contribution in [0.15, 0.2) is 28.8 Å². The molecule has 0 aromatic heterocycles. The normalized spacial score (nSPS) is 17.8. The third-order valence-electron chi connectivity index (χ3n) is 4.08. The van der Waals surface area contributed by atoms with Crippen molar-refractivity contribution in [2.75, 3.05) is 17.7 Å². The Morgan fingerprint density at radius 3 is 2.86 bits per heavy atom. The molecular formula is C16H18N2O2S. The zero-order chi connectivity index (χ0) is 15.0. The fourth-order valence-electron chi connectivity index (χ4n) is 2.58. The first-order valence-electron chi connectivity index (χ1n) is 7.06. The fraction of sp³-hybridized carbons (Fsp3) is 0.375. The van der Waals surface area contributed by atoms with Crippen LogP contribution in [0.2, 0.25) is 0 Å². The summed E-state index contributed by atoms with van der Waals surface area (Å²) in [4.78, 5) is 27.2. The number of nitrogens with zero attached hydrogens (tertiary/aromatic N) is 1. The number of thioether (sulfide) groups is 1. The predicted octanol–water partition coefficient (Wildman–Crippen LogP) is 3.01. The van der Waals surface area contributed by atoms with Crippen LogP contribution in [-0.2, 0) is 11.2 Å². The average Bonchev–Trinajstić information content (AvgIpc) is 2.78. The molecule has 1 amide bonds. The maximum absolute atomic E-state index is 12.4. The van der Waals surface area contributed by atoms with E-state index in [0.29, 0.717) is 19.4 Å². The van der Waals surface area contributed by atoms with Gasteiger partial charge in [-0.3, -0.25) is 9.59 Å². The van der Waals surface area contributed by atoms with Gasteiger partial charge in [-0.05, 0) is 44.0 Å². The smallest absolute Gasteiger partial charge is 0.224 e. The second-order valence-electron chi connectivity index (χ2n) is 5.46. The largest absolute Gasteiger partial charge is 0.357 e. The first kappa shape index (κ1) is 14.2. The molecule has 1 aromatic rings. The molecule has 0 unspecified atom stereocenters. The number of carbonyl (C=O) groups is 2. The van der Waals surface area contributed by atoms with Crippen molar-refractivity contribution < 1.29 is 9.59 Å². The summed E-state index contributed by atoms with van der Waals surface area (Å²) in [5.74, 6) is 1.03. The molecule has 0 saturated carbocycles. The van der Waals surface area contributed by atoms with Crippen LogP contribution in [-0.4, -0.2) is 29.0 Å². The molecule has 21 heavy (non-hydrogen) atoms. The summed E-state index contributed by atoms with van der Waals surface area (Å²) in [6.07, 6.45) is 1.20. The molecule has 3 rings (SSSR count). The Balaban J connectivity index is 1.75. The Labute approximate surface area is 128 Å². The van der Waals surface area contributed by atoms with E-state index >= 15 is 0 Å². The van der Waals surface area contributed by atoms with Crippen molar-refractivity contribution >= 4 is 29.1 Å². The molecular weight excluding hydrogens is 284 g/mol. The standard InChI is InChI=1S/C16H18N2O2S/c1-10-11(2)21-9-18(10)8-15(19)13-3-5-14-12(7-13)4-6-16(20)17-14/h3,5,7H,4,6,8-9H2,1-2H3,(H,17,20). The Morgan fingerprint density at radius 1 is 1.33 bits per heavy atom.